The number of hydrogen-bond donors (Lipinski definition) is 5. The second-order valence-corrected chi connectivity index (χ2v) is 16.7. The zero-order chi connectivity index (χ0) is 42.3. The topological polar surface area (TPSA) is 168 Å². The van der Waals surface area contributed by atoms with Crippen LogP contribution < -0.4 is 16.2 Å². The van der Waals surface area contributed by atoms with E-state index in [2.05, 4.69) is 20.5 Å². The minimum Gasteiger partial charge on any atom is -0.506 e. The first-order valence-electron chi connectivity index (χ1n) is 21.3. The molecule has 4 aliphatic heterocycles. The molecule has 3 amide bonds. The van der Waals surface area contributed by atoms with Crippen molar-refractivity contribution in [2.24, 2.45) is 5.92 Å². The fourth-order valence-electron chi connectivity index (χ4n) is 9.02. The molecule has 61 heavy (non-hydrogen) atoms. The van der Waals surface area contributed by atoms with Crippen molar-refractivity contribution in [3.63, 3.8) is 0 Å². The number of amides is 3. The number of piperidine rings is 3. The second kappa shape index (κ2) is 18.7. The predicted molar refractivity (Wildman–Crippen MR) is 232 cm³/mol. The van der Waals surface area contributed by atoms with Gasteiger partial charge in [0.25, 0.3) is 0 Å². The highest BCUT2D eigenvalue weighted by atomic mass is 16.6. The lowest BCUT2D eigenvalue weighted by Crippen LogP contribution is -2.69. The van der Waals surface area contributed by atoms with E-state index in [1.807, 2.05) is 89.8 Å². The molecule has 5 N–H and O–H groups in total. The molecule has 2 bridgehead atoms. The van der Waals surface area contributed by atoms with Crippen LogP contribution in [0, 0.1) is 5.92 Å². The number of carbonyl (C=O) groups excluding carboxylic acids is 3. The molecule has 13 nitrogen and oxygen atoms in total. The fraction of sp³-hybridized carbons (Fsp3) is 0.375. The lowest BCUT2D eigenvalue weighted by molar-refractivity contribution is -0.139. The summed E-state index contributed by atoms with van der Waals surface area (Å²) in [5.41, 5.74) is 3.47. The number of nitrogens with zero attached hydrogens (tertiary/aromatic N) is 3. The molecule has 9 rings (SSSR count). The van der Waals surface area contributed by atoms with Crippen LogP contribution in [0.25, 0.3) is 10.9 Å². The van der Waals surface area contributed by atoms with Gasteiger partial charge in [-0.2, -0.15) is 0 Å². The lowest BCUT2D eigenvalue weighted by atomic mass is 9.82. The average Bonchev–Trinajstić information content (AvgIpc) is 3.26. The van der Waals surface area contributed by atoms with Crippen LogP contribution in [0.1, 0.15) is 53.2 Å². The molecule has 5 aromatic rings. The summed E-state index contributed by atoms with van der Waals surface area (Å²) in [6.45, 7) is 5.36. The number of H-pyrrole nitrogens is 1. The SMILES string of the molecule is O=C(NC1(c2ccccc2)CN(C(=O)Cc2ccc(CC(=O)N(CCCNC[C@H](O)c3ccc(O)c4[nH]c(=O)ccc34)Cc3ccccc3)cc2)C1)O[C@H]1CN2CCC1CC2. The van der Waals surface area contributed by atoms with E-state index in [1.54, 1.807) is 17.0 Å². The maximum Gasteiger partial charge on any atom is 0.408 e. The van der Waals surface area contributed by atoms with Crippen LogP contribution in [0.15, 0.2) is 114 Å². The van der Waals surface area contributed by atoms with Gasteiger partial charge in [-0.05, 0) is 84.8 Å². The Morgan fingerprint density at radius 2 is 1.54 bits per heavy atom. The van der Waals surface area contributed by atoms with Crippen molar-refractivity contribution < 1.29 is 29.3 Å². The normalized spacial score (nSPS) is 19.5. The standard InChI is InChI=1S/C48H54N6O7/c55-40-18-16-38(39-17-19-43(57)50-46(39)40)41(56)28-49-22-7-23-53(29-35-8-3-1-4-9-35)44(58)26-33-12-14-34(15-13-33)27-45(59)54-31-48(32-54,37-10-5-2-6-11-37)51-47(60)61-42-30-52-24-20-36(42)21-25-52/h1-6,8-19,36,41-42,49,55-56H,7,20-32H2,(H,50,57)(H,51,60)/t41-,42-/m0/s1. The number of aromatic amines is 1. The number of hydrogen-bond acceptors (Lipinski definition) is 9. The Labute approximate surface area is 355 Å². The van der Waals surface area contributed by atoms with Crippen LogP contribution in [0.2, 0.25) is 0 Å². The van der Waals surface area contributed by atoms with E-state index >= 15 is 0 Å². The molecule has 4 saturated heterocycles. The Hall–Kier alpha value is -6.02. The van der Waals surface area contributed by atoms with Crippen molar-refractivity contribution in [1.82, 2.24) is 30.3 Å². The highest BCUT2D eigenvalue weighted by Gasteiger charge is 2.48. The second-order valence-electron chi connectivity index (χ2n) is 16.7. The van der Waals surface area contributed by atoms with E-state index in [9.17, 15) is 29.4 Å². The minimum absolute atomic E-state index is 0.0189. The van der Waals surface area contributed by atoms with Crippen LogP contribution in [0.4, 0.5) is 4.79 Å². The van der Waals surface area contributed by atoms with Gasteiger partial charge in [0, 0.05) is 50.7 Å². The molecule has 4 fully saturated rings. The van der Waals surface area contributed by atoms with Crippen LogP contribution in [-0.4, -0.2) is 106 Å². The summed E-state index contributed by atoms with van der Waals surface area (Å²) >= 11 is 0. The molecule has 13 heteroatoms. The number of alkyl carbamates (subject to hydrolysis) is 1. The number of carbonyl (C=O) groups is 3. The van der Waals surface area contributed by atoms with E-state index in [0.29, 0.717) is 56.0 Å². The van der Waals surface area contributed by atoms with E-state index in [1.165, 1.54) is 12.1 Å². The number of pyridine rings is 1. The number of benzene rings is 4. The van der Waals surface area contributed by atoms with E-state index in [0.717, 1.165) is 54.7 Å². The Morgan fingerprint density at radius 3 is 2.23 bits per heavy atom. The number of fused-ring (bicyclic) bond motifs is 4. The average molecular weight is 827 g/mol. The molecule has 0 spiro atoms. The van der Waals surface area contributed by atoms with Gasteiger partial charge in [0.2, 0.25) is 17.4 Å². The lowest BCUT2D eigenvalue weighted by Gasteiger charge is -2.51. The number of aromatic hydroxyl groups is 1. The molecule has 0 radical (unpaired) electrons. The van der Waals surface area contributed by atoms with Gasteiger partial charge in [-0.3, -0.25) is 19.3 Å². The summed E-state index contributed by atoms with van der Waals surface area (Å²) in [5.74, 6) is 0.285. The van der Waals surface area contributed by atoms with E-state index in [-0.39, 0.29) is 54.1 Å². The first-order chi connectivity index (χ1) is 29.6. The van der Waals surface area contributed by atoms with Crippen molar-refractivity contribution in [1.29, 1.82) is 0 Å². The van der Waals surface area contributed by atoms with Crippen LogP contribution in [0.3, 0.4) is 0 Å². The molecule has 0 saturated carbocycles. The van der Waals surface area contributed by atoms with Crippen LogP contribution in [-0.2, 0) is 39.3 Å². The maximum absolute atomic E-state index is 13.8. The summed E-state index contributed by atoms with van der Waals surface area (Å²) in [7, 11) is 0. The minimum atomic E-state index is -0.879. The quantitative estimate of drug-likeness (QED) is 0.0893. The summed E-state index contributed by atoms with van der Waals surface area (Å²) < 4.78 is 5.97. The first-order valence-corrected chi connectivity index (χ1v) is 21.3. The largest absolute Gasteiger partial charge is 0.506 e. The molecule has 1 aromatic heterocycles. The van der Waals surface area contributed by atoms with Crippen molar-refractivity contribution >= 4 is 28.8 Å². The third kappa shape index (κ3) is 9.97. The number of nitrogens with one attached hydrogen (secondary N) is 3. The van der Waals surface area contributed by atoms with Crippen LogP contribution >= 0.6 is 0 Å². The number of aromatic nitrogens is 1. The first kappa shape index (κ1) is 41.7. The van der Waals surface area contributed by atoms with Gasteiger partial charge in [-0.15, -0.1) is 0 Å². The highest BCUT2D eigenvalue weighted by molar-refractivity contribution is 5.87. The van der Waals surface area contributed by atoms with Crippen molar-refractivity contribution in [2.75, 3.05) is 52.4 Å². The maximum atomic E-state index is 13.8. The van der Waals surface area contributed by atoms with Crippen molar-refractivity contribution in [3.8, 4) is 5.75 Å². The number of ether oxygens (including phenoxy) is 1. The van der Waals surface area contributed by atoms with Crippen molar-refractivity contribution in [2.45, 2.75) is 56.4 Å². The van der Waals surface area contributed by atoms with E-state index in [4.69, 9.17) is 4.74 Å². The third-order valence-electron chi connectivity index (χ3n) is 12.5. The summed E-state index contributed by atoms with van der Waals surface area (Å²) in [6.07, 6.45) is 1.74. The van der Waals surface area contributed by atoms with Gasteiger partial charge in [0.15, 0.2) is 0 Å². The number of phenolic OH excluding ortho intramolecular Hbond substituents is 1. The van der Waals surface area contributed by atoms with Gasteiger partial charge in [0.05, 0.1) is 24.5 Å². The molecule has 0 unspecified atom stereocenters. The number of phenols is 1. The van der Waals surface area contributed by atoms with Crippen LogP contribution in [0.5, 0.6) is 5.75 Å². The number of aliphatic hydroxyl groups is 1. The number of aliphatic hydroxyl groups excluding tert-OH is 1. The molecule has 0 aliphatic carbocycles. The number of rotatable bonds is 16. The molecular weight excluding hydrogens is 773 g/mol. The molecule has 318 valence electrons. The summed E-state index contributed by atoms with van der Waals surface area (Å²) in [6, 6.07) is 33.3. The van der Waals surface area contributed by atoms with Gasteiger partial charge >= 0.3 is 6.09 Å². The predicted octanol–water partition coefficient (Wildman–Crippen LogP) is 4.62. The molecular formula is C48H54N6O7. The smallest absolute Gasteiger partial charge is 0.408 e. The Kier molecular flexibility index (Phi) is 12.8. The molecule has 4 aliphatic rings. The molecule has 5 heterocycles. The van der Waals surface area contributed by atoms with Crippen molar-refractivity contribution in [3.05, 3.63) is 147 Å². The van der Waals surface area contributed by atoms with Gasteiger partial charge < -0.3 is 40.4 Å². The highest BCUT2D eigenvalue weighted by Crippen LogP contribution is 2.34. The van der Waals surface area contributed by atoms with Gasteiger partial charge in [-0.25, -0.2) is 4.79 Å². The Balaban J connectivity index is 0.830. The van der Waals surface area contributed by atoms with Gasteiger partial charge in [-0.1, -0.05) is 91.0 Å². The summed E-state index contributed by atoms with van der Waals surface area (Å²) in [5, 5.41) is 28.2. The van der Waals surface area contributed by atoms with E-state index < -0.39 is 17.7 Å². The zero-order valence-corrected chi connectivity index (χ0v) is 34.3. The summed E-state index contributed by atoms with van der Waals surface area (Å²) in [4.78, 5) is 61.0. The third-order valence-corrected chi connectivity index (χ3v) is 12.5. The Bertz CT molecular complexity index is 2360. The zero-order valence-electron chi connectivity index (χ0n) is 34.3. The molecule has 4 aromatic carbocycles. The van der Waals surface area contributed by atoms with Gasteiger partial charge in [0.1, 0.15) is 17.4 Å². The monoisotopic (exact) mass is 826 g/mol. The number of likely N-dealkylation sites (tertiary alicyclic amines) is 1. The molecule has 2 atom stereocenters. The fourth-order valence-corrected chi connectivity index (χ4v) is 9.02. The Morgan fingerprint density at radius 1 is 0.852 bits per heavy atom.